The van der Waals surface area contributed by atoms with Crippen molar-refractivity contribution < 1.29 is 14.3 Å². The van der Waals surface area contributed by atoms with E-state index in [2.05, 4.69) is 5.32 Å². The molecule has 0 unspecified atom stereocenters. The van der Waals surface area contributed by atoms with Crippen molar-refractivity contribution >= 4 is 23.5 Å². The van der Waals surface area contributed by atoms with E-state index in [9.17, 15) is 9.59 Å². The summed E-state index contributed by atoms with van der Waals surface area (Å²) in [5, 5.41) is 11.9. The summed E-state index contributed by atoms with van der Waals surface area (Å²) < 4.78 is 4.92. The van der Waals surface area contributed by atoms with Crippen molar-refractivity contribution in [3.8, 4) is 6.07 Å². The Kier molecular flexibility index (Phi) is 5.73. The van der Waals surface area contributed by atoms with Gasteiger partial charge in [-0.05, 0) is 42.0 Å². The van der Waals surface area contributed by atoms with Crippen LogP contribution in [-0.4, -0.2) is 18.5 Å². The average Bonchev–Trinajstić information content (AvgIpc) is 2.58. The molecule has 6 heteroatoms. The van der Waals surface area contributed by atoms with Crippen molar-refractivity contribution in [1.29, 1.82) is 5.26 Å². The smallest absolute Gasteiger partial charge is 0.338 e. The summed E-state index contributed by atoms with van der Waals surface area (Å²) in [6.45, 7) is -0.0762. The van der Waals surface area contributed by atoms with Gasteiger partial charge in [0.05, 0.1) is 17.2 Å². The van der Waals surface area contributed by atoms with Crippen LogP contribution in [0.3, 0.4) is 0 Å². The molecule has 0 heterocycles. The molecule has 2 rings (SSSR count). The zero-order valence-electron chi connectivity index (χ0n) is 12.1. The molecular formula is C17H13ClN2O3. The highest BCUT2D eigenvalue weighted by molar-refractivity contribution is 6.30. The number of nitrogens with one attached hydrogen (secondary N) is 1. The van der Waals surface area contributed by atoms with Crippen molar-refractivity contribution in [2.75, 3.05) is 6.61 Å². The van der Waals surface area contributed by atoms with Gasteiger partial charge in [-0.25, -0.2) is 4.79 Å². The van der Waals surface area contributed by atoms with Gasteiger partial charge in [-0.2, -0.15) is 5.26 Å². The summed E-state index contributed by atoms with van der Waals surface area (Å²) in [5.74, 6) is -1.03. The minimum Gasteiger partial charge on any atom is -0.452 e. The summed E-state index contributed by atoms with van der Waals surface area (Å²) in [6.07, 6.45) is 0. The predicted octanol–water partition coefficient (Wildman–Crippen LogP) is 2.68. The predicted molar refractivity (Wildman–Crippen MR) is 84.7 cm³/mol. The number of nitrogens with zero attached hydrogens (tertiary/aromatic N) is 1. The fraction of sp³-hybridized carbons (Fsp3) is 0.118. The summed E-state index contributed by atoms with van der Waals surface area (Å²) in [6, 6.07) is 15.0. The lowest BCUT2D eigenvalue weighted by molar-refractivity contribution is -0.124. The van der Waals surface area contributed by atoms with Gasteiger partial charge >= 0.3 is 5.97 Å². The molecule has 0 aliphatic heterocycles. The summed E-state index contributed by atoms with van der Waals surface area (Å²) in [5.41, 5.74) is 1.58. The normalized spacial score (nSPS) is 9.74. The molecule has 0 fully saturated rings. The maximum Gasteiger partial charge on any atom is 0.338 e. The standard InChI is InChI=1S/C17H13ClN2O3/c18-15-3-1-2-13(8-15)10-20-16(21)11-23-17(22)14-6-4-12(9-19)5-7-14/h1-8H,10-11H2,(H,20,21). The quantitative estimate of drug-likeness (QED) is 0.856. The number of nitriles is 1. The highest BCUT2D eigenvalue weighted by atomic mass is 35.5. The Hall–Kier alpha value is -2.84. The molecule has 0 spiro atoms. The maximum atomic E-state index is 11.8. The third kappa shape index (κ3) is 5.13. The van der Waals surface area contributed by atoms with Crippen LogP contribution >= 0.6 is 11.6 Å². The second-order valence-electron chi connectivity index (χ2n) is 4.67. The number of hydrogen-bond acceptors (Lipinski definition) is 4. The molecule has 1 N–H and O–H groups in total. The van der Waals surface area contributed by atoms with E-state index >= 15 is 0 Å². The van der Waals surface area contributed by atoms with Gasteiger partial charge < -0.3 is 10.1 Å². The third-order valence-electron chi connectivity index (χ3n) is 2.96. The molecule has 0 bridgehead atoms. The molecule has 0 aromatic heterocycles. The highest BCUT2D eigenvalue weighted by Crippen LogP contribution is 2.10. The molecule has 0 aliphatic carbocycles. The van der Waals surface area contributed by atoms with E-state index in [1.54, 1.807) is 18.2 Å². The van der Waals surface area contributed by atoms with Crippen molar-refractivity contribution in [2.24, 2.45) is 0 Å². The van der Waals surface area contributed by atoms with Gasteiger partial charge in [0.15, 0.2) is 6.61 Å². The Bertz CT molecular complexity index is 751. The summed E-state index contributed by atoms with van der Waals surface area (Å²) in [4.78, 5) is 23.4. The molecule has 116 valence electrons. The van der Waals surface area contributed by atoms with E-state index in [0.717, 1.165) is 5.56 Å². The molecule has 2 aromatic carbocycles. The van der Waals surface area contributed by atoms with Gasteiger partial charge in [0.1, 0.15) is 0 Å². The van der Waals surface area contributed by atoms with E-state index in [-0.39, 0.29) is 12.2 Å². The average molecular weight is 329 g/mol. The lowest BCUT2D eigenvalue weighted by atomic mass is 10.1. The summed E-state index contributed by atoms with van der Waals surface area (Å²) in [7, 11) is 0. The molecule has 1 amide bonds. The monoisotopic (exact) mass is 328 g/mol. The van der Waals surface area contributed by atoms with Crippen LogP contribution in [0.2, 0.25) is 5.02 Å². The van der Waals surface area contributed by atoms with Crippen molar-refractivity contribution in [2.45, 2.75) is 6.54 Å². The lowest BCUT2D eigenvalue weighted by Crippen LogP contribution is -2.28. The fourth-order valence-electron chi connectivity index (χ4n) is 1.79. The SMILES string of the molecule is N#Cc1ccc(C(=O)OCC(=O)NCc2cccc(Cl)c2)cc1. The molecule has 2 aromatic rings. The number of benzene rings is 2. The van der Waals surface area contributed by atoms with Crippen molar-refractivity contribution in [3.63, 3.8) is 0 Å². The van der Waals surface area contributed by atoms with Gasteiger partial charge in [0, 0.05) is 11.6 Å². The number of carbonyl (C=O) groups excluding carboxylic acids is 2. The van der Waals surface area contributed by atoms with Gasteiger partial charge in [-0.1, -0.05) is 23.7 Å². The first-order chi connectivity index (χ1) is 11.1. The van der Waals surface area contributed by atoms with Gasteiger partial charge in [-0.15, -0.1) is 0 Å². The van der Waals surface area contributed by atoms with E-state index in [1.807, 2.05) is 12.1 Å². The number of ether oxygens (including phenoxy) is 1. The van der Waals surface area contributed by atoms with Crippen LogP contribution in [0.25, 0.3) is 0 Å². The second kappa shape index (κ2) is 7.97. The number of amides is 1. The molecule has 0 aliphatic rings. The van der Waals surface area contributed by atoms with Crippen LogP contribution in [0.4, 0.5) is 0 Å². The number of carbonyl (C=O) groups is 2. The minimum absolute atomic E-state index is 0.284. The number of rotatable bonds is 5. The molecule has 5 nitrogen and oxygen atoms in total. The maximum absolute atomic E-state index is 11.8. The third-order valence-corrected chi connectivity index (χ3v) is 3.20. The Balaban J connectivity index is 1.79. The topological polar surface area (TPSA) is 79.2 Å². The zero-order chi connectivity index (χ0) is 16.7. The summed E-state index contributed by atoms with van der Waals surface area (Å²) >= 11 is 5.85. The Morgan fingerprint density at radius 1 is 1.17 bits per heavy atom. The van der Waals surface area contributed by atoms with E-state index < -0.39 is 11.9 Å². The number of hydrogen-bond donors (Lipinski definition) is 1. The number of esters is 1. The Morgan fingerprint density at radius 2 is 1.91 bits per heavy atom. The first-order valence-electron chi connectivity index (χ1n) is 6.77. The van der Waals surface area contributed by atoms with Crippen LogP contribution in [0.5, 0.6) is 0 Å². The zero-order valence-corrected chi connectivity index (χ0v) is 12.8. The minimum atomic E-state index is -0.618. The van der Waals surface area contributed by atoms with Crippen LogP contribution in [0, 0.1) is 11.3 Å². The van der Waals surface area contributed by atoms with Crippen LogP contribution in [0.15, 0.2) is 48.5 Å². The van der Waals surface area contributed by atoms with E-state index in [4.69, 9.17) is 21.6 Å². The Labute approximate surface area is 138 Å². The molecule has 23 heavy (non-hydrogen) atoms. The van der Waals surface area contributed by atoms with Gasteiger partial charge in [-0.3, -0.25) is 4.79 Å². The first kappa shape index (κ1) is 16.5. The Morgan fingerprint density at radius 3 is 2.57 bits per heavy atom. The highest BCUT2D eigenvalue weighted by Gasteiger charge is 2.10. The molecular weight excluding hydrogens is 316 g/mol. The largest absolute Gasteiger partial charge is 0.452 e. The fourth-order valence-corrected chi connectivity index (χ4v) is 2.01. The van der Waals surface area contributed by atoms with Gasteiger partial charge in [0.2, 0.25) is 0 Å². The molecule has 0 saturated carbocycles. The first-order valence-corrected chi connectivity index (χ1v) is 7.14. The molecule has 0 radical (unpaired) electrons. The molecule has 0 atom stereocenters. The van der Waals surface area contributed by atoms with Crippen molar-refractivity contribution in [3.05, 3.63) is 70.2 Å². The van der Waals surface area contributed by atoms with Crippen LogP contribution in [-0.2, 0) is 16.1 Å². The van der Waals surface area contributed by atoms with Crippen molar-refractivity contribution in [1.82, 2.24) is 5.32 Å². The second-order valence-corrected chi connectivity index (χ2v) is 5.11. The molecule has 0 saturated heterocycles. The van der Waals surface area contributed by atoms with Crippen LogP contribution in [0.1, 0.15) is 21.5 Å². The van der Waals surface area contributed by atoms with E-state index in [1.165, 1.54) is 24.3 Å². The van der Waals surface area contributed by atoms with Crippen LogP contribution < -0.4 is 5.32 Å². The number of halogens is 1. The van der Waals surface area contributed by atoms with Gasteiger partial charge in [0.25, 0.3) is 5.91 Å². The van der Waals surface area contributed by atoms with E-state index in [0.29, 0.717) is 17.1 Å². The lowest BCUT2D eigenvalue weighted by Gasteiger charge is -2.07.